The molecule has 1 aliphatic rings. The maximum Gasteiger partial charge on any atom is 0.282 e. The molecule has 0 aliphatic carbocycles. The van der Waals surface area contributed by atoms with E-state index in [9.17, 15) is 13.2 Å². The number of piperazine rings is 1. The summed E-state index contributed by atoms with van der Waals surface area (Å²) in [6, 6.07) is 3.54. The Labute approximate surface area is 181 Å². The Morgan fingerprint density at radius 3 is 2.40 bits per heavy atom. The second-order valence-electron chi connectivity index (χ2n) is 6.78. The molecule has 0 saturated carbocycles. The zero-order chi connectivity index (χ0) is 21.9. The van der Waals surface area contributed by atoms with Gasteiger partial charge in [-0.05, 0) is 25.3 Å². The fourth-order valence-corrected chi connectivity index (χ4v) is 5.67. The van der Waals surface area contributed by atoms with Crippen LogP contribution in [0.25, 0.3) is 11.6 Å². The monoisotopic (exact) mass is 453 g/mol. The second-order valence-corrected chi connectivity index (χ2v) is 9.50. The maximum atomic E-state index is 13.2. The highest BCUT2D eigenvalue weighted by atomic mass is 32.2. The van der Waals surface area contributed by atoms with Crippen molar-refractivity contribution in [2.24, 2.45) is 0 Å². The first-order valence-corrected chi connectivity index (χ1v) is 12.5. The summed E-state index contributed by atoms with van der Waals surface area (Å²) in [4.78, 5) is 23.9. The number of rotatable bonds is 7. The summed E-state index contributed by atoms with van der Waals surface area (Å²) in [5, 5.41) is 0.581. The first-order chi connectivity index (χ1) is 14.3. The number of amides is 1. The Hall–Kier alpha value is -1.95. The van der Waals surface area contributed by atoms with Crippen LogP contribution in [-0.2, 0) is 10.2 Å². The van der Waals surface area contributed by atoms with E-state index >= 15 is 0 Å². The van der Waals surface area contributed by atoms with Gasteiger partial charge in [-0.3, -0.25) is 4.79 Å². The van der Waals surface area contributed by atoms with Gasteiger partial charge in [0.15, 0.2) is 11.6 Å². The van der Waals surface area contributed by atoms with E-state index in [0.29, 0.717) is 54.0 Å². The zero-order valence-electron chi connectivity index (χ0n) is 17.7. The zero-order valence-corrected chi connectivity index (χ0v) is 19.3. The predicted octanol–water partition coefficient (Wildman–Crippen LogP) is 2.11. The predicted molar refractivity (Wildman–Crippen MR) is 116 cm³/mol. The van der Waals surface area contributed by atoms with Gasteiger partial charge in [0, 0.05) is 39.3 Å². The smallest absolute Gasteiger partial charge is 0.282 e. The molecule has 0 aromatic carbocycles. The average Bonchev–Trinajstić information content (AvgIpc) is 3.28. The third kappa shape index (κ3) is 4.39. The average molecular weight is 454 g/mol. The first kappa shape index (κ1) is 22.7. The van der Waals surface area contributed by atoms with Crippen LogP contribution in [0.2, 0.25) is 0 Å². The Kier molecular flexibility index (Phi) is 7.17. The fraction of sp³-hybridized carbons (Fsp3) is 0.526. The van der Waals surface area contributed by atoms with Gasteiger partial charge in [0.2, 0.25) is 0 Å². The molecule has 0 radical (unpaired) electrons. The molecule has 1 aliphatic heterocycles. The molecule has 1 saturated heterocycles. The quantitative estimate of drug-likeness (QED) is 0.468. The lowest BCUT2D eigenvalue weighted by Crippen LogP contribution is -2.54. The van der Waals surface area contributed by atoms with Crippen LogP contribution in [0.3, 0.4) is 0 Å². The molecule has 1 fully saturated rings. The van der Waals surface area contributed by atoms with Gasteiger partial charge in [-0.25, -0.2) is 9.97 Å². The van der Waals surface area contributed by atoms with Crippen molar-refractivity contribution in [1.82, 2.24) is 23.5 Å². The molecule has 1 amide bonds. The lowest BCUT2D eigenvalue weighted by atomic mass is 10.2. The van der Waals surface area contributed by atoms with Crippen LogP contribution < -0.4 is 0 Å². The van der Waals surface area contributed by atoms with Gasteiger partial charge >= 0.3 is 0 Å². The van der Waals surface area contributed by atoms with Gasteiger partial charge < -0.3 is 9.32 Å². The van der Waals surface area contributed by atoms with Crippen LogP contribution in [0.15, 0.2) is 27.8 Å². The van der Waals surface area contributed by atoms with Crippen LogP contribution >= 0.6 is 11.8 Å². The van der Waals surface area contributed by atoms with Crippen LogP contribution in [0, 0.1) is 6.92 Å². The van der Waals surface area contributed by atoms with Gasteiger partial charge in [-0.2, -0.15) is 17.0 Å². The standard InChI is InChI=1S/C19H27N5O4S2/c1-5-23(6-2)30(26,27)24-11-9-22(10-12-24)19(25)16-14(3)20-17(21-18(16)29-4)15-8-7-13-28-15/h7-8,13H,5-6,9-12H2,1-4H3. The number of aryl methyl sites for hydroxylation is 1. The van der Waals surface area contributed by atoms with Crippen molar-refractivity contribution >= 4 is 27.9 Å². The summed E-state index contributed by atoms with van der Waals surface area (Å²) in [7, 11) is -3.50. The lowest BCUT2D eigenvalue weighted by Gasteiger charge is -2.36. The normalized spacial score (nSPS) is 15.7. The molecule has 2 aromatic heterocycles. The van der Waals surface area contributed by atoms with Crippen molar-refractivity contribution in [3.05, 3.63) is 29.7 Å². The highest BCUT2D eigenvalue weighted by Gasteiger charge is 2.33. The molecule has 0 bridgehead atoms. The Bertz CT molecular complexity index is 983. The molecule has 30 heavy (non-hydrogen) atoms. The van der Waals surface area contributed by atoms with Crippen molar-refractivity contribution in [3.8, 4) is 11.6 Å². The number of carbonyl (C=O) groups excluding carboxylic acids is 1. The van der Waals surface area contributed by atoms with Crippen molar-refractivity contribution in [3.63, 3.8) is 0 Å². The first-order valence-electron chi connectivity index (χ1n) is 9.84. The van der Waals surface area contributed by atoms with Crippen LogP contribution in [0.4, 0.5) is 0 Å². The summed E-state index contributed by atoms with van der Waals surface area (Å²) < 4.78 is 33.7. The molecule has 11 heteroatoms. The summed E-state index contributed by atoms with van der Waals surface area (Å²) >= 11 is 1.37. The molecular weight excluding hydrogens is 426 g/mol. The van der Waals surface area contributed by atoms with E-state index in [2.05, 4.69) is 9.97 Å². The van der Waals surface area contributed by atoms with Gasteiger partial charge in [-0.1, -0.05) is 13.8 Å². The highest BCUT2D eigenvalue weighted by Crippen LogP contribution is 2.26. The molecule has 9 nitrogen and oxygen atoms in total. The number of furan rings is 1. The highest BCUT2D eigenvalue weighted by molar-refractivity contribution is 7.98. The van der Waals surface area contributed by atoms with Crippen molar-refractivity contribution in [1.29, 1.82) is 0 Å². The minimum absolute atomic E-state index is 0.178. The van der Waals surface area contributed by atoms with Crippen LogP contribution in [0.5, 0.6) is 0 Å². The molecule has 0 unspecified atom stereocenters. The third-order valence-electron chi connectivity index (χ3n) is 5.09. The van der Waals surface area contributed by atoms with Crippen molar-refractivity contribution in [2.75, 3.05) is 45.5 Å². The largest absolute Gasteiger partial charge is 0.461 e. The fourth-order valence-electron chi connectivity index (χ4n) is 3.45. The Morgan fingerprint density at radius 2 is 1.87 bits per heavy atom. The SMILES string of the molecule is CCN(CC)S(=O)(=O)N1CCN(C(=O)c2c(C)nc(-c3ccco3)nc2SC)CC1. The number of hydrogen-bond acceptors (Lipinski definition) is 7. The van der Waals surface area contributed by atoms with Gasteiger partial charge in [0.1, 0.15) is 5.03 Å². The summed E-state index contributed by atoms with van der Waals surface area (Å²) in [5.74, 6) is 0.805. The number of hydrogen-bond donors (Lipinski definition) is 0. The van der Waals surface area contributed by atoms with Gasteiger partial charge in [-0.15, -0.1) is 11.8 Å². The van der Waals surface area contributed by atoms with E-state index in [-0.39, 0.29) is 19.0 Å². The van der Waals surface area contributed by atoms with E-state index in [1.165, 1.54) is 20.4 Å². The van der Waals surface area contributed by atoms with E-state index in [1.807, 2.05) is 20.1 Å². The van der Waals surface area contributed by atoms with Gasteiger partial charge in [0.05, 0.1) is 17.5 Å². The molecule has 2 aromatic rings. The minimum atomic E-state index is -3.50. The van der Waals surface area contributed by atoms with E-state index in [4.69, 9.17) is 4.42 Å². The number of nitrogens with zero attached hydrogens (tertiary/aromatic N) is 5. The summed E-state index contributed by atoms with van der Waals surface area (Å²) in [5.41, 5.74) is 1.03. The Balaban J connectivity index is 1.78. The van der Waals surface area contributed by atoms with Crippen molar-refractivity contribution < 1.29 is 17.6 Å². The number of carbonyl (C=O) groups is 1. The van der Waals surface area contributed by atoms with Crippen LogP contribution in [-0.4, -0.2) is 83.3 Å². The Morgan fingerprint density at radius 1 is 1.20 bits per heavy atom. The van der Waals surface area contributed by atoms with E-state index in [0.717, 1.165) is 0 Å². The van der Waals surface area contributed by atoms with E-state index < -0.39 is 10.2 Å². The third-order valence-corrected chi connectivity index (χ3v) is 7.96. The topological polar surface area (TPSA) is 99.9 Å². The molecular formula is C19H27N5O4S2. The molecule has 0 spiro atoms. The second kappa shape index (κ2) is 9.46. The lowest BCUT2D eigenvalue weighted by molar-refractivity contribution is 0.0688. The molecule has 164 valence electrons. The molecule has 3 rings (SSSR count). The molecule has 0 N–H and O–H groups in total. The van der Waals surface area contributed by atoms with Crippen molar-refractivity contribution in [2.45, 2.75) is 25.8 Å². The van der Waals surface area contributed by atoms with E-state index in [1.54, 1.807) is 30.2 Å². The van der Waals surface area contributed by atoms with Crippen LogP contribution in [0.1, 0.15) is 29.9 Å². The summed E-state index contributed by atoms with van der Waals surface area (Å²) in [6.07, 6.45) is 3.41. The maximum absolute atomic E-state index is 13.2. The minimum Gasteiger partial charge on any atom is -0.461 e. The summed E-state index contributed by atoms with van der Waals surface area (Å²) in [6.45, 7) is 7.45. The molecule has 0 atom stereocenters. The van der Waals surface area contributed by atoms with Gasteiger partial charge in [0.25, 0.3) is 16.1 Å². The molecule has 3 heterocycles. The number of aromatic nitrogens is 2. The number of thioether (sulfide) groups is 1.